The molecule has 0 bridgehead atoms. The lowest BCUT2D eigenvalue weighted by Gasteiger charge is -2.20. The van der Waals surface area contributed by atoms with Gasteiger partial charge >= 0.3 is 6.18 Å². The van der Waals surface area contributed by atoms with Gasteiger partial charge in [-0.05, 0) is 56.2 Å². The predicted octanol–water partition coefficient (Wildman–Crippen LogP) is 3.98. The molecular formula is C20H18F3N3O2. The molecular weight excluding hydrogens is 371 g/mol. The van der Waals surface area contributed by atoms with Crippen molar-refractivity contribution in [2.75, 3.05) is 4.90 Å². The Morgan fingerprint density at radius 1 is 1.07 bits per heavy atom. The van der Waals surface area contributed by atoms with Crippen molar-refractivity contribution < 1.29 is 22.8 Å². The molecule has 2 amide bonds. The molecule has 1 aliphatic heterocycles. The van der Waals surface area contributed by atoms with Gasteiger partial charge in [0.25, 0.3) is 5.91 Å². The van der Waals surface area contributed by atoms with Crippen LogP contribution in [-0.2, 0) is 15.8 Å². The Morgan fingerprint density at radius 3 is 2.29 bits per heavy atom. The highest BCUT2D eigenvalue weighted by Gasteiger charge is 2.38. The molecule has 2 N–H and O–H groups in total. The van der Waals surface area contributed by atoms with E-state index in [1.165, 1.54) is 11.0 Å². The van der Waals surface area contributed by atoms with Gasteiger partial charge < -0.3 is 5.43 Å². The summed E-state index contributed by atoms with van der Waals surface area (Å²) in [6, 6.07) is 8.58. The molecule has 0 saturated carbocycles. The molecule has 2 aromatic carbocycles. The van der Waals surface area contributed by atoms with E-state index in [1.807, 2.05) is 19.9 Å². The number of nitrogens with one attached hydrogen (secondary N) is 2. The largest absolute Gasteiger partial charge is 0.416 e. The number of allylic oxidation sites excluding steroid dienone is 1. The van der Waals surface area contributed by atoms with Crippen LogP contribution in [-0.4, -0.2) is 12.3 Å². The third kappa shape index (κ3) is 3.45. The van der Waals surface area contributed by atoms with Crippen LogP contribution in [0.25, 0.3) is 5.57 Å². The summed E-state index contributed by atoms with van der Waals surface area (Å²) in [5, 5.41) is 0. The highest BCUT2D eigenvalue weighted by Crippen LogP contribution is 2.45. The number of hydrogen-bond acceptors (Lipinski definition) is 3. The maximum Gasteiger partial charge on any atom is 0.416 e. The zero-order valence-corrected chi connectivity index (χ0v) is 15.4. The Hall–Kier alpha value is -3.29. The van der Waals surface area contributed by atoms with Crippen LogP contribution in [0, 0.1) is 13.8 Å². The van der Waals surface area contributed by atoms with Gasteiger partial charge in [-0.1, -0.05) is 12.1 Å². The molecule has 146 valence electrons. The van der Waals surface area contributed by atoms with Crippen molar-refractivity contribution in [1.29, 1.82) is 0 Å². The van der Waals surface area contributed by atoms with Gasteiger partial charge in [0.15, 0.2) is 0 Å². The van der Waals surface area contributed by atoms with E-state index in [1.54, 1.807) is 19.1 Å². The van der Waals surface area contributed by atoms with E-state index in [-0.39, 0.29) is 11.3 Å². The van der Waals surface area contributed by atoms with Crippen LogP contribution in [0.3, 0.4) is 0 Å². The van der Waals surface area contributed by atoms with E-state index in [0.717, 1.165) is 23.3 Å². The molecule has 3 rings (SSSR count). The second kappa shape index (κ2) is 7.03. The number of anilines is 2. The quantitative estimate of drug-likeness (QED) is 0.472. The molecule has 0 fully saturated rings. The number of benzene rings is 2. The Morgan fingerprint density at radius 2 is 1.71 bits per heavy atom. The molecule has 0 radical (unpaired) electrons. The summed E-state index contributed by atoms with van der Waals surface area (Å²) in [6.07, 6.45) is -4.13. The molecule has 8 heteroatoms. The minimum atomic E-state index is -4.54. The first-order valence-electron chi connectivity index (χ1n) is 8.44. The summed E-state index contributed by atoms with van der Waals surface area (Å²) in [7, 11) is 0. The number of hydrazine groups is 1. The van der Waals surface area contributed by atoms with Crippen molar-refractivity contribution in [1.82, 2.24) is 10.9 Å². The van der Waals surface area contributed by atoms with Gasteiger partial charge in [-0.25, -0.2) is 0 Å². The standard InChI is InChI=1S/C20H18F3N3O2/c1-11-6-12(2)8-15(7-11)26-17-9-14(20(21,22)23)4-5-16(17)18(19(26)28)13(3)25-24-10-27/h4-10,25H,1-3H3,(H,24,27)/b18-13-. The van der Waals surface area contributed by atoms with Crippen LogP contribution in [0.4, 0.5) is 24.5 Å². The highest BCUT2D eigenvalue weighted by molar-refractivity contribution is 6.35. The molecule has 2 aromatic rings. The number of alkyl halides is 3. The molecule has 1 heterocycles. The van der Waals surface area contributed by atoms with Crippen molar-refractivity contribution in [2.24, 2.45) is 0 Å². The topological polar surface area (TPSA) is 61.4 Å². The smallest absolute Gasteiger partial charge is 0.302 e. The summed E-state index contributed by atoms with van der Waals surface area (Å²) in [6.45, 7) is 5.26. The lowest BCUT2D eigenvalue weighted by Crippen LogP contribution is -2.30. The zero-order chi connectivity index (χ0) is 20.6. The number of rotatable bonds is 4. The average molecular weight is 389 g/mol. The fraction of sp³-hybridized carbons (Fsp3) is 0.200. The van der Waals surface area contributed by atoms with E-state index in [9.17, 15) is 22.8 Å². The number of halogens is 3. The summed E-state index contributed by atoms with van der Waals surface area (Å²) in [5.74, 6) is -0.475. The lowest BCUT2D eigenvalue weighted by atomic mass is 10.0. The molecule has 0 aromatic heterocycles. The van der Waals surface area contributed by atoms with Crippen LogP contribution in [0.2, 0.25) is 0 Å². The van der Waals surface area contributed by atoms with Crippen molar-refractivity contribution in [2.45, 2.75) is 26.9 Å². The molecule has 5 nitrogen and oxygen atoms in total. The molecule has 0 spiro atoms. The molecule has 0 aliphatic carbocycles. The number of carbonyl (C=O) groups excluding carboxylic acids is 2. The van der Waals surface area contributed by atoms with Crippen LogP contribution in [0.5, 0.6) is 0 Å². The van der Waals surface area contributed by atoms with Gasteiger partial charge in [0.2, 0.25) is 6.41 Å². The number of aryl methyl sites for hydroxylation is 2. The van der Waals surface area contributed by atoms with E-state index in [0.29, 0.717) is 23.4 Å². The second-order valence-electron chi connectivity index (χ2n) is 6.60. The molecule has 0 atom stereocenters. The van der Waals surface area contributed by atoms with Crippen molar-refractivity contribution in [3.05, 3.63) is 64.3 Å². The molecule has 0 unspecified atom stereocenters. The van der Waals surface area contributed by atoms with Crippen LogP contribution in [0.15, 0.2) is 42.1 Å². The summed E-state index contributed by atoms with van der Waals surface area (Å²) < 4.78 is 39.8. The first-order valence-corrected chi connectivity index (χ1v) is 8.44. The summed E-state index contributed by atoms with van der Waals surface area (Å²) in [5.41, 5.74) is 7.24. The fourth-order valence-electron chi connectivity index (χ4n) is 3.34. The van der Waals surface area contributed by atoms with Gasteiger partial charge in [-0.15, -0.1) is 0 Å². The third-order valence-electron chi connectivity index (χ3n) is 4.41. The van der Waals surface area contributed by atoms with E-state index in [4.69, 9.17) is 0 Å². The molecule has 0 saturated heterocycles. The monoisotopic (exact) mass is 389 g/mol. The van der Waals surface area contributed by atoms with Crippen LogP contribution in [0.1, 0.15) is 29.2 Å². The predicted molar refractivity (Wildman–Crippen MR) is 99.4 cm³/mol. The van der Waals surface area contributed by atoms with Gasteiger partial charge in [0, 0.05) is 16.9 Å². The van der Waals surface area contributed by atoms with Crippen LogP contribution >= 0.6 is 0 Å². The Kier molecular flexibility index (Phi) is 4.89. The first kappa shape index (κ1) is 19.5. The first-order chi connectivity index (χ1) is 13.1. The zero-order valence-electron chi connectivity index (χ0n) is 15.4. The number of nitrogens with zero attached hydrogens (tertiary/aromatic N) is 1. The van der Waals surface area contributed by atoms with E-state index >= 15 is 0 Å². The van der Waals surface area contributed by atoms with Crippen molar-refractivity contribution >= 4 is 29.3 Å². The minimum absolute atomic E-state index is 0.145. The van der Waals surface area contributed by atoms with Gasteiger partial charge in [0.1, 0.15) is 0 Å². The average Bonchev–Trinajstić information content (AvgIpc) is 2.89. The lowest BCUT2D eigenvalue weighted by molar-refractivity contribution is -0.137. The summed E-state index contributed by atoms with van der Waals surface area (Å²) in [4.78, 5) is 25.0. The van der Waals surface area contributed by atoms with Gasteiger partial charge in [0.05, 0.1) is 16.8 Å². The van der Waals surface area contributed by atoms with E-state index in [2.05, 4.69) is 10.9 Å². The molecule has 28 heavy (non-hydrogen) atoms. The number of carbonyl (C=O) groups is 2. The van der Waals surface area contributed by atoms with Crippen LogP contribution < -0.4 is 15.8 Å². The normalized spacial score (nSPS) is 15.4. The summed E-state index contributed by atoms with van der Waals surface area (Å²) >= 11 is 0. The Bertz CT molecular complexity index is 976. The van der Waals surface area contributed by atoms with Crippen molar-refractivity contribution in [3.8, 4) is 0 Å². The van der Waals surface area contributed by atoms with E-state index < -0.39 is 17.6 Å². The van der Waals surface area contributed by atoms with Gasteiger partial charge in [-0.3, -0.25) is 19.9 Å². The van der Waals surface area contributed by atoms with Crippen molar-refractivity contribution in [3.63, 3.8) is 0 Å². The Balaban J connectivity index is 2.24. The van der Waals surface area contributed by atoms with Gasteiger partial charge in [-0.2, -0.15) is 13.2 Å². The Labute approximate surface area is 159 Å². The molecule has 1 aliphatic rings. The maximum absolute atomic E-state index is 13.3. The fourth-order valence-corrected chi connectivity index (χ4v) is 3.34. The number of hydrogen-bond donors (Lipinski definition) is 2. The number of fused-ring (bicyclic) bond motifs is 1. The SMILES string of the molecule is C/C(NNC=O)=C1/C(=O)N(c2cc(C)cc(C)c2)c2cc(C(F)(F)F)ccc21. The minimum Gasteiger partial charge on any atom is -0.302 e. The third-order valence-corrected chi connectivity index (χ3v) is 4.41. The highest BCUT2D eigenvalue weighted by atomic mass is 19.4. The second-order valence-corrected chi connectivity index (χ2v) is 6.60. The number of amides is 2. The maximum atomic E-state index is 13.3.